The third kappa shape index (κ3) is 4.73. The normalized spacial score (nSPS) is 29.0. The molecule has 1 saturated carbocycles. The third-order valence-electron chi connectivity index (χ3n) is 5.99. The first kappa shape index (κ1) is 20.8. The average molecular weight is 388 g/mol. The van der Waals surface area contributed by atoms with E-state index in [9.17, 15) is 9.59 Å². The van der Waals surface area contributed by atoms with Crippen LogP contribution in [-0.4, -0.2) is 36.0 Å². The molecule has 1 saturated heterocycles. The van der Waals surface area contributed by atoms with E-state index in [0.29, 0.717) is 5.92 Å². The Kier molecular flexibility index (Phi) is 6.73. The van der Waals surface area contributed by atoms with Gasteiger partial charge in [-0.1, -0.05) is 50.6 Å². The van der Waals surface area contributed by atoms with Crippen molar-refractivity contribution in [1.82, 2.24) is 10.6 Å². The predicted molar refractivity (Wildman–Crippen MR) is 108 cm³/mol. The summed E-state index contributed by atoms with van der Waals surface area (Å²) in [6.45, 7) is 5.48. The Morgan fingerprint density at radius 2 is 1.82 bits per heavy atom. The lowest BCUT2D eigenvalue weighted by atomic mass is 9.86. The van der Waals surface area contributed by atoms with Gasteiger partial charge in [0.1, 0.15) is 6.04 Å². The number of hydrogen-bond acceptors (Lipinski definition) is 4. The van der Waals surface area contributed by atoms with Gasteiger partial charge in [-0.2, -0.15) is 0 Å². The SMILES string of the molecule is CC(C)[C@H](NC(=O)[C@H](C)N)C(=O)N[C@H]1C[C@@H](c2ccccc2)O[C@H]2CCC[C@H]12. The number of benzene rings is 1. The maximum atomic E-state index is 13.0. The molecule has 0 unspecified atom stereocenters. The minimum atomic E-state index is -0.640. The number of carbonyl (C=O) groups excluding carboxylic acids is 2. The topological polar surface area (TPSA) is 93.5 Å². The van der Waals surface area contributed by atoms with Crippen LogP contribution >= 0.6 is 0 Å². The van der Waals surface area contributed by atoms with Crippen molar-refractivity contribution in [2.24, 2.45) is 17.6 Å². The van der Waals surface area contributed by atoms with E-state index in [1.807, 2.05) is 32.0 Å². The molecule has 0 radical (unpaired) electrons. The second-order valence-electron chi connectivity index (χ2n) is 8.54. The van der Waals surface area contributed by atoms with Gasteiger partial charge in [0.2, 0.25) is 11.8 Å². The van der Waals surface area contributed by atoms with Crippen molar-refractivity contribution in [2.75, 3.05) is 0 Å². The van der Waals surface area contributed by atoms with E-state index in [1.165, 1.54) is 0 Å². The Morgan fingerprint density at radius 1 is 1.11 bits per heavy atom. The minimum absolute atomic E-state index is 0.0120. The van der Waals surface area contributed by atoms with Crippen molar-refractivity contribution >= 4 is 11.8 Å². The van der Waals surface area contributed by atoms with Crippen molar-refractivity contribution in [1.29, 1.82) is 0 Å². The average Bonchev–Trinajstić information content (AvgIpc) is 3.15. The zero-order chi connectivity index (χ0) is 20.3. The van der Waals surface area contributed by atoms with Gasteiger partial charge in [-0.05, 0) is 37.7 Å². The summed E-state index contributed by atoms with van der Waals surface area (Å²) < 4.78 is 6.37. The maximum absolute atomic E-state index is 13.0. The molecule has 154 valence electrons. The van der Waals surface area contributed by atoms with E-state index in [4.69, 9.17) is 10.5 Å². The number of fused-ring (bicyclic) bond motifs is 1. The Bertz CT molecular complexity index is 677. The highest BCUT2D eigenvalue weighted by Crippen LogP contribution is 2.42. The Labute approximate surface area is 167 Å². The van der Waals surface area contributed by atoms with Gasteiger partial charge in [0, 0.05) is 12.0 Å². The minimum Gasteiger partial charge on any atom is -0.370 e. The third-order valence-corrected chi connectivity index (χ3v) is 5.99. The quantitative estimate of drug-likeness (QED) is 0.698. The summed E-state index contributed by atoms with van der Waals surface area (Å²) >= 11 is 0. The molecule has 2 fully saturated rings. The molecule has 1 aromatic rings. The van der Waals surface area contributed by atoms with Crippen molar-refractivity contribution < 1.29 is 14.3 Å². The molecule has 6 atom stereocenters. The van der Waals surface area contributed by atoms with Crippen molar-refractivity contribution in [3.8, 4) is 0 Å². The van der Waals surface area contributed by atoms with Gasteiger partial charge in [0.25, 0.3) is 0 Å². The van der Waals surface area contributed by atoms with Crippen LogP contribution in [-0.2, 0) is 14.3 Å². The van der Waals surface area contributed by atoms with E-state index in [1.54, 1.807) is 6.92 Å². The van der Waals surface area contributed by atoms with E-state index in [0.717, 1.165) is 31.2 Å². The molecule has 2 amide bonds. The first-order chi connectivity index (χ1) is 13.4. The highest BCUT2D eigenvalue weighted by Gasteiger charge is 2.43. The van der Waals surface area contributed by atoms with Gasteiger partial charge >= 0.3 is 0 Å². The van der Waals surface area contributed by atoms with Gasteiger partial charge in [-0.3, -0.25) is 9.59 Å². The standard InChI is InChI=1S/C22H33N3O3/c1-13(2)20(25-21(26)14(3)23)22(27)24-17-12-19(15-8-5-4-6-9-15)28-18-11-7-10-16(17)18/h4-6,8-9,13-14,16-20H,7,10-12,23H2,1-3H3,(H,24,27)(H,25,26)/t14-,16+,17-,18-,19-,20-/m0/s1. The van der Waals surface area contributed by atoms with Gasteiger partial charge < -0.3 is 21.1 Å². The molecule has 6 heteroatoms. The highest BCUT2D eigenvalue weighted by atomic mass is 16.5. The monoisotopic (exact) mass is 387 g/mol. The molecule has 2 aliphatic rings. The van der Waals surface area contributed by atoms with Crippen LogP contribution in [0.3, 0.4) is 0 Å². The fraction of sp³-hybridized carbons (Fsp3) is 0.636. The number of nitrogens with two attached hydrogens (primary N) is 1. The summed E-state index contributed by atoms with van der Waals surface area (Å²) in [5.41, 5.74) is 6.81. The highest BCUT2D eigenvalue weighted by molar-refractivity contribution is 5.89. The van der Waals surface area contributed by atoms with Crippen LogP contribution in [0.25, 0.3) is 0 Å². The fourth-order valence-electron chi connectivity index (χ4n) is 4.40. The molecule has 1 aromatic carbocycles. The lowest BCUT2D eigenvalue weighted by Gasteiger charge is -2.40. The fourth-order valence-corrected chi connectivity index (χ4v) is 4.40. The van der Waals surface area contributed by atoms with Crippen LogP contribution in [0.2, 0.25) is 0 Å². The van der Waals surface area contributed by atoms with Crippen LogP contribution in [0, 0.1) is 11.8 Å². The summed E-state index contributed by atoms with van der Waals surface area (Å²) in [6, 6.07) is 9.02. The molecular formula is C22H33N3O3. The number of amides is 2. The molecule has 1 aliphatic carbocycles. The maximum Gasteiger partial charge on any atom is 0.243 e. The van der Waals surface area contributed by atoms with Crippen LogP contribution in [0.1, 0.15) is 58.1 Å². The number of carbonyl (C=O) groups is 2. The molecule has 0 aromatic heterocycles. The van der Waals surface area contributed by atoms with Crippen LogP contribution in [0.5, 0.6) is 0 Å². The van der Waals surface area contributed by atoms with Crippen molar-refractivity contribution in [3.63, 3.8) is 0 Å². The second-order valence-corrected chi connectivity index (χ2v) is 8.54. The van der Waals surface area contributed by atoms with Gasteiger partial charge in [0.15, 0.2) is 0 Å². The molecule has 4 N–H and O–H groups in total. The Hall–Kier alpha value is -1.92. The van der Waals surface area contributed by atoms with Crippen molar-refractivity contribution in [3.05, 3.63) is 35.9 Å². The van der Waals surface area contributed by atoms with Gasteiger partial charge in [0.05, 0.1) is 18.2 Å². The van der Waals surface area contributed by atoms with E-state index in [2.05, 4.69) is 22.8 Å². The zero-order valence-electron chi connectivity index (χ0n) is 17.1. The lowest BCUT2D eigenvalue weighted by molar-refractivity contribution is -0.133. The molecular weight excluding hydrogens is 354 g/mol. The molecule has 6 nitrogen and oxygen atoms in total. The molecule has 0 spiro atoms. The van der Waals surface area contributed by atoms with Gasteiger partial charge in [-0.25, -0.2) is 0 Å². The first-order valence-electron chi connectivity index (χ1n) is 10.4. The van der Waals surface area contributed by atoms with Crippen LogP contribution in [0.4, 0.5) is 0 Å². The molecule has 3 rings (SSSR count). The zero-order valence-corrected chi connectivity index (χ0v) is 17.1. The van der Waals surface area contributed by atoms with Crippen LogP contribution < -0.4 is 16.4 Å². The largest absolute Gasteiger partial charge is 0.370 e. The van der Waals surface area contributed by atoms with Crippen molar-refractivity contribution in [2.45, 2.75) is 76.8 Å². The molecule has 28 heavy (non-hydrogen) atoms. The Balaban J connectivity index is 1.72. The predicted octanol–water partition coefficient (Wildman–Crippen LogP) is 2.29. The summed E-state index contributed by atoms with van der Waals surface area (Å²) in [5, 5.41) is 6.04. The summed E-state index contributed by atoms with van der Waals surface area (Å²) in [7, 11) is 0. The van der Waals surface area contributed by atoms with E-state index < -0.39 is 12.1 Å². The first-order valence-corrected chi connectivity index (χ1v) is 10.4. The van der Waals surface area contributed by atoms with E-state index in [-0.39, 0.29) is 36.0 Å². The molecule has 0 bridgehead atoms. The Morgan fingerprint density at radius 3 is 2.46 bits per heavy atom. The van der Waals surface area contributed by atoms with Crippen LogP contribution in [0.15, 0.2) is 30.3 Å². The second kappa shape index (κ2) is 9.05. The smallest absolute Gasteiger partial charge is 0.243 e. The summed E-state index contributed by atoms with van der Waals surface area (Å²) in [4.78, 5) is 25.1. The number of nitrogens with one attached hydrogen (secondary N) is 2. The van der Waals surface area contributed by atoms with Gasteiger partial charge in [-0.15, -0.1) is 0 Å². The molecule has 1 heterocycles. The van der Waals surface area contributed by atoms with E-state index >= 15 is 0 Å². The molecule has 1 aliphatic heterocycles. The number of ether oxygens (including phenoxy) is 1. The summed E-state index contributed by atoms with van der Waals surface area (Å²) in [6.07, 6.45) is 4.15. The number of hydrogen-bond donors (Lipinski definition) is 3. The number of rotatable bonds is 6. The summed E-state index contributed by atoms with van der Waals surface area (Å²) in [5.74, 6) is -0.122. The lowest BCUT2D eigenvalue weighted by Crippen LogP contribution is -2.57.